The summed E-state index contributed by atoms with van der Waals surface area (Å²) in [7, 11) is 0. The summed E-state index contributed by atoms with van der Waals surface area (Å²) in [5.74, 6) is 0.809. The average molecular weight is 417 g/mol. The number of thioether (sulfide) groups is 1. The third kappa shape index (κ3) is 5.69. The first kappa shape index (κ1) is 19.2. The summed E-state index contributed by atoms with van der Waals surface area (Å²) < 4.78 is 6.12. The van der Waals surface area contributed by atoms with Gasteiger partial charge in [-0.05, 0) is 29.8 Å². The van der Waals surface area contributed by atoms with Gasteiger partial charge in [-0.2, -0.15) is 5.26 Å². The lowest BCUT2D eigenvalue weighted by molar-refractivity contribution is -0.118. The summed E-state index contributed by atoms with van der Waals surface area (Å²) in [5.41, 5.74) is 1.71. The van der Waals surface area contributed by atoms with Crippen molar-refractivity contribution in [2.45, 2.75) is 10.1 Å². The summed E-state index contributed by atoms with van der Waals surface area (Å²) in [5, 5.41) is 20.3. The molecule has 9 heteroatoms. The van der Waals surface area contributed by atoms with Crippen LogP contribution in [-0.2, 0) is 10.5 Å². The van der Waals surface area contributed by atoms with Crippen molar-refractivity contribution in [2.24, 2.45) is 0 Å². The van der Waals surface area contributed by atoms with Gasteiger partial charge in [0.1, 0.15) is 5.75 Å². The van der Waals surface area contributed by atoms with E-state index in [4.69, 9.17) is 21.6 Å². The number of carbonyl (C=O) groups excluding carboxylic acids is 1. The lowest BCUT2D eigenvalue weighted by atomic mass is 10.2. The maximum absolute atomic E-state index is 12.0. The third-order valence-electron chi connectivity index (χ3n) is 3.29. The molecule has 27 heavy (non-hydrogen) atoms. The summed E-state index contributed by atoms with van der Waals surface area (Å²) in [6.07, 6.45) is 0. The zero-order chi connectivity index (χ0) is 19.1. The Kier molecular flexibility index (Phi) is 6.65. The van der Waals surface area contributed by atoms with E-state index in [0.717, 1.165) is 9.90 Å². The molecule has 0 spiro atoms. The molecule has 136 valence electrons. The number of anilines is 1. The highest BCUT2D eigenvalue weighted by Gasteiger charge is 2.10. The van der Waals surface area contributed by atoms with Crippen molar-refractivity contribution >= 4 is 45.7 Å². The minimum atomic E-state index is -0.338. The number of rotatable bonds is 7. The Morgan fingerprint density at radius 1 is 1.22 bits per heavy atom. The first-order valence-corrected chi connectivity index (χ1v) is 9.94. The molecule has 1 heterocycles. The Morgan fingerprint density at radius 2 is 2.00 bits per heavy atom. The van der Waals surface area contributed by atoms with Crippen molar-refractivity contribution in [3.8, 4) is 11.8 Å². The molecule has 1 N–H and O–H groups in total. The van der Waals surface area contributed by atoms with E-state index in [0.29, 0.717) is 27.2 Å². The minimum Gasteiger partial charge on any atom is -0.482 e. The van der Waals surface area contributed by atoms with Crippen molar-refractivity contribution in [1.82, 2.24) is 10.2 Å². The molecular formula is C18H13ClN4O2S2. The highest BCUT2D eigenvalue weighted by molar-refractivity contribution is 8.00. The van der Waals surface area contributed by atoms with Crippen LogP contribution < -0.4 is 10.1 Å². The first-order valence-electron chi connectivity index (χ1n) is 7.76. The van der Waals surface area contributed by atoms with Crippen LogP contribution in [0.2, 0.25) is 5.02 Å². The van der Waals surface area contributed by atoms with Crippen molar-refractivity contribution in [3.63, 3.8) is 0 Å². The van der Waals surface area contributed by atoms with Crippen LogP contribution in [0.3, 0.4) is 0 Å². The fourth-order valence-corrected chi connectivity index (χ4v) is 3.91. The molecule has 6 nitrogen and oxygen atoms in total. The monoisotopic (exact) mass is 416 g/mol. The maximum atomic E-state index is 12.0. The molecule has 0 aliphatic rings. The largest absolute Gasteiger partial charge is 0.482 e. The molecule has 3 aromatic rings. The lowest BCUT2D eigenvalue weighted by Crippen LogP contribution is -2.20. The van der Waals surface area contributed by atoms with Crippen LogP contribution in [0.25, 0.3) is 0 Å². The van der Waals surface area contributed by atoms with Crippen LogP contribution in [0, 0.1) is 11.3 Å². The van der Waals surface area contributed by atoms with E-state index in [1.165, 1.54) is 23.1 Å². The number of nitrogens with one attached hydrogen (secondary N) is 1. The number of carbonyl (C=O) groups is 1. The highest BCUT2D eigenvalue weighted by Crippen LogP contribution is 2.28. The smallest absolute Gasteiger partial charge is 0.264 e. The Bertz CT molecular complexity index is 970. The molecule has 0 unspecified atom stereocenters. The molecule has 0 aliphatic carbocycles. The van der Waals surface area contributed by atoms with E-state index < -0.39 is 0 Å². The third-order valence-corrected chi connectivity index (χ3v) is 5.65. The quantitative estimate of drug-likeness (QED) is 0.454. The van der Waals surface area contributed by atoms with Crippen LogP contribution in [0.15, 0.2) is 52.9 Å². The zero-order valence-electron chi connectivity index (χ0n) is 13.9. The molecule has 0 saturated carbocycles. The van der Waals surface area contributed by atoms with E-state index in [-0.39, 0.29) is 12.5 Å². The zero-order valence-corrected chi connectivity index (χ0v) is 16.3. The van der Waals surface area contributed by atoms with Crippen molar-refractivity contribution in [1.29, 1.82) is 5.26 Å². The van der Waals surface area contributed by atoms with E-state index in [9.17, 15) is 4.79 Å². The molecule has 0 atom stereocenters. The number of halogens is 1. The second-order valence-electron chi connectivity index (χ2n) is 5.24. The van der Waals surface area contributed by atoms with Gasteiger partial charge in [0.2, 0.25) is 5.13 Å². The number of benzene rings is 2. The number of hydrogen-bond acceptors (Lipinski definition) is 7. The Morgan fingerprint density at radius 3 is 2.74 bits per heavy atom. The van der Waals surface area contributed by atoms with Gasteiger partial charge >= 0.3 is 0 Å². The second kappa shape index (κ2) is 9.37. The number of ether oxygens (including phenoxy) is 1. The van der Waals surface area contributed by atoms with Gasteiger partial charge in [-0.1, -0.05) is 59.0 Å². The first-order chi connectivity index (χ1) is 13.1. The van der Waals surface area contributed by atoms with Crippen LogP contribution >= 0.6 is 34.7 Å². The molecule has 1 amide bonds. The van der Waals surface area contributed by atoms with Gasteiger partial charge in [0.25, 0.3) is 5.91 Å². The fourth-order valence-electron chi connectivity index (χ4n) is 2.00. The van der Waals surface area contributed by atoms with Crippen LogP contribution in [0.1, 0.15) is 11.1 Å². The Balaban J connectivity index is 1.47. The topological polar surface area (TPSA) is 87.9 Å². The van der Waals surface area contributed by atoms with E-state index in [1.807, 2.05) is 12.1 Å². The van der Waals surface area contributed by atoms with Gasteiger partial charge in [-0.25, -0.2) is 0 Å². The number of nitriles is 1. The van der Waals surface area contributed by atoms with E-state index >= 15 is 0 Å². The highest BCUT2D eigenvalue weighted by atomic mass is 35.5. The van der Waals surface area contributed by atoms with Crippen molar-refractivity contribution in [3.05, 3.63) is 64.7 Å². The fraction of sp³-hybridized carbons (Fsp3) is 0.111. The lowest BCUT2D eigenvalue weighted by Gasteiger charge is -2.06. The van der Waals surface area contributed by atoms with Crippen LogP contribution in [0.4, 0.5) is 5.13 Å². The predicted molar refractivity (Wildman–Crippen MR) is 106 cm³/mol. The summed E-state index contributed by atoms with van der Waals surface area (Å²) in [6.45, 7) is -0.170. The van der Waals surface area contributed by atoms with Gasteiger partial charge in [-0.3, -0.25) is 10.1 Å². The Hall–Kier alpha value is -2.60. The van der Waals surface area contributed by atoms with E-state index in [2.05, 4.69) is 21.6 Å². The van der Waals surface area contributed by atoms with Gasteiger partial charge in [0, 0.05) is 5.75 Å². The number of amides is 1. The van der Waals surface area contributed by atoms with Gasteiger partial charge < -0.3 is 4.74 Å². The number of aromatic nitrogens is 2. The summed E-state index contributed by atoms with van der Waals surface area (Å²) in [6, 6.07) is 16.4. The number of hydrogen-bond donors (Lipinski definition) is 1. The average Bonchev–Trinajstić information content (AvgIpc) is 3.13. The molecule has 0 radical (unpaired) electrons. The van der Waals surface area contributed by atoms with E-state index in [1.54, 1.807) is 36.4 Å². The molecular weight excluding hydrogens is 404 g/mol. The normalized spacial score (nSPS) is 10.2. The molecule has 0 bridgehead atoms. The van der Waals surface area contributed by atoms with Gasteiger partial charge in [0.05, 0.1) is 16.7 Å². The maximum Gasteiger partial charge on any atom is 0.264 e. The van der Waals surface area contributed by atoms with Gasteiger partial charge in [-0.15, -0.1) is 10.2 Å². The minimum absolute atomic E-state index is 0.170. The standard InChI is InChI=1S/C18H13ClN4O2S2/c19-14-3-1-2-4-15(14)25-10-16(24)21-17-22-23-18(27-17)26-11-13-7-5-12(9-20)6-8-13/h1-8H,10-11H2,(H,21,22,24). The molecule has 3 rings (SSSR count). The SMILES string of the molecule is N#Cc1ccc(CSc2nnc(NC(=O)COc3ccccc3Cl)s2)cc1. The summed E-state index contributed by atoms with van der Waals surface area (Å²) >= 11 is 8.77. The van der Waals surface area contributed by atoms with Crippen LogP contribution in [-0.4, -0.2) is 22.7 Å². The molecule has 0 aliphatic heterocycles. The van der Waals surface area contributed by atoms with Crippen LogP contribution in [0.5, 0.6) is 5.75 Å². The molecule has 1 aromatic heterocycles. The van der Waals surface area contributed by atoms with Crippen molar-refractivity contribution in [2.75, 3.05) is 11.9 Å². The Labute approximate surface area is 169 Å². The molecule has 0 fully saturated rings. The van der Waals surface area contributed by atoms with Crippen molar-refractivity contribution < 1.29 is 9.53 Å². The molecule has 0 saturated heterocycles. The summed E-state index contributed by atoms with van der Waals surface area (Å²) in [4.78, 5) is 12.0. The molecule has 2 aromatic carbocycles. The predicted octanol–water partition coefficient (Wildman–Crippen LogP) is 4.37. The second-order valence-corrected chi connectivity index (χ2v) is 7.84. The van der Waals surface area contributed by atoms with Gasteiger partial charge in [0.15, 0.2) is 10.9 Å². The number of nitrogens with zero attached hydrogens (tertiary/aromatic N) is 3. The number of para-hydroxylation sites is 1.